The van der Waals surface area contributed by atoms with Crippen LogP contribution in [0, 0.1) is 0 Å². The Morgan fingerprint density at radius 2 is 1.90 bits per heavy atom. The third-order valence-corrected chi connectivity index (χ3v) is 6.28. The molecule has 2 heterocycles. The van der Waals surface area contributed by atoms with E-state index in [1.165, 1.54) is 17.5 Å². The normalized spacial score (nSPS) is 21.7. The summed E-state index contributed by atoms with van der Waals surface area (Å²) in [6, 6.07) is 8.48. The van der Waals surface area contributed by atoms with Gasteiger partial charge in [0, 0.05) is 43.2 Å². The molecular weight excluding hydrogens is 308 g/mol. The predicted octanol–water partition coefficient (Wildman–Crippen LogP) is 2.04. The maximum Gasteiger partial charge on any atom is 0.211 e. The molecule has 0 amide bonds. The maximum atomic E-state index is 11.7. The summed E-state index contributed by atoms with van der Waals surface area (Å²) in [5, 5.41) is 0. The first kappa shape index (κ1) is 15.1. The Bertz CT molecular complexity index is 624. The third kappa shape index (κ3) is 2.67. The van der Waals surface area contributed by atoms with Crippen LogP contribution in [0.4, 0.5) is 5.69 Å². The monoisotopic (exact) mass is 328 g/mol. The van der Waals surface area contributed by atoms with Crippen molar-refractivity contribution in [1.82, 2.24) is 4.31 Å². The lowest BCUT2D eigenvalue weighted by molar-refractivity contribution is 0.245. The van der Waals surface area contributed by atoms with Crippen molar-refractivity contribution in [2.45, 2.75) is 18.3 Å². The zero-order valence-electron chi connectivity index (χ0n) is 12.3. The minimum absolute atomic E-state index is 0.0871. The molecule has 0 aromatic heterocycles. The summed E-state index contributed by atoms with van der Waals surface area (Å²) in [5.41, 5.74) is 2.72. The average molecular weight is 329 g/mol. The van der Waals surface area contributed by atoms with Crippen LogP contribution in [-0.4, -0.2) is 51.0 Å². The number of halogens is 1. The quantitative estimate of drug-likeness (QED) is 0.797. The highest BCUT2D eigenvalue weighted by molar-refractivity contribution is 7.88. The highest BCUT2D eigenvalue weighted by Gasteiger charge is 2.45. The van der Waals surface area contributed by atoms with Crippen molar-refractivity contribution in [3.05, 3.63) is 29.8 Å². The van der Waals surface area contributed by atoms with Gasteiger partial charge in [0.15, 0.2) is 0 Å². The third-order valence-electron chi connectivity index (χ3n) is 4.81. The molecule has 4 nitrogen and oxygen atoms in total. The predicted molar refractivity (Wildman–Crippen MR) is 86.7 cm³/mol. The van der Waals surface area contributed by atoms with Crippen molar-refractivity contribution in [3.8, 4) is 0 Å². The molecule has 2 aliphatic rings. The van der Waals surface area contributed by atoms with Gasteiger partial charge >= 0.3 is 0 Å². The summed E-state index contributed by atoms with van der Waals surface area (Å²) in [5.74, 6) is 0.611. The number of sulfonamides is 1. The minimum Gasteiger partial charge on any atom is -0.369 e. The number of hydrogen-bond donors (Lipinski definition) is 0. The summed E-state index contributed by atoms with van der Waals surface area (Å²) in [6.45, 7) is 3.02. The SMILES string of the molecule is CS(=O)(=O)N1CCC2(CC1)CN(CCCl)c1ccccc12. The fourth-order valence-corrected chi connectivity index (χ4v) is 4.76. The van der Waals surface area contributed by atoms with Crippen LogP contribution in [0.2, 0.25) is 0 Å². The van der Waals surface area contributed by atoms with Crippen molar-refractivity contribution < 1.29 is 8.42 Å². The van der Waals surface area contributed by atoms with Crippen LogP contribution in [-0.2, 0) is 15.4 Å². The molecule has 0 aliphatic carbocycles. The molecule has 0 radical (unpaired) electrons. The molecule has 0 saturated carbocycles. The molecule has 2 aliphatic heterocycles. The van der Waals surface area contributed by atoms with Gasteiger partial charge in [-0.05, 0) is 24.5 Å². The Labute approximate surface area is 131 Å². The molecule has 6 heteroatoms. The van der Waals surface area contributed by atoms with E-state index in [-0.39, 0.29) is 5.41 Å². The summed E-state index contributed by atoms with van der Waals surface area (Å²) < 4.78 is 25.0. The van der Waals surface area contributed by atoms with Crippen LogP contribution in [0.25, 0.3) is 0 Å². The van der Waals surface area contributed by atoms with Gasteiger partial charge in [-0.3, -0.25) is 0 Å². The summed E-state index contributed by atoms with van der Waals surface area (Å²) in [7, 11) is -3.07. The standard InChI is InChI=1S/C15H21ClN2O2S/c1-21(19,20)18-9-6-15(7-10-18)12-17(11-8-16)14-5-3-2-4-13(14)15/h2-5H,6-12H2,1H3. The Morgan fingerprint density at radius 3 is 2.52 bits per heavy atom. The van der Waals surface area contributed by atoms with E-state index in [1.807, 2.05) is 0 Å². The number of hydrogen-bond acceptors (Lipinski definition) is 3. The van der Waals surface area contributed by atoms with Gasteiger partial charge in [-0.1, -0.05) is 18.2 Å². The highest BCUT2D eigenvalue weighted by atomic mass is 35.5. The fourth-order valence-electron chi connectivity index (χ4n) is 3.71. The molecular formula is C15H21ClN2O2S. The van der Waals surface area contributed by atoms with Crippen LogP contribution >= 0.6 is 11.6 Å². The van der Waals surface area contributed by atoms with E-state index in [9.17, 15) is 8.42 Å². The number of anilines is 1. The first-order chi connectivity index (χ1) is 9.96. The number of fused-ring (bicyclic) bond motifs is 2. The van der Waals surface area contributed by atoms with Crippen molar-refractivity contribution in [2.24, 2.45) is 0 Å². The fraction of sp³-hybridized carbons (Fsp3) is 0.600. The molecule has 0 unspecified atom stereocenters. The molecule has 1 saturated heterocycles. The van der Waals surface area contributed by atoms with Crippen molar-refractivity contribution in [3.63, 3.8) is 0 Å². The van der Waals surface area contributed by atoms with E-state index < -0.39 is 10.0 Å². The van der Waals surface area contributed by atoms with Crippen molar-refractivity contribution in [1.29, 1.82) is 0 Å². The van der Waals surface area contributed by atoms with E-state index in [0.29, 0.717) is 19.0 Å². The largest absolute Gasteiger partial charge is 0.369 e. The zero-order valence-corrected chi connectivity index (χ0v) is 13.8. The first-order valence-electron chi connectivity index (χ1n) is 7.32. The topological polar surface area (TPSA) is 40.6 Å². The lowest BCUT2D eigenvalue weighted by atomic mass is 9.75. The number of para-hydroxylation sites is 1. The van der Waals surface area contributed by atoms with E-state index in [0.717, 1.165) is 25.9 Å². The second-order valence-corrected chi connectivity index (χ2v) is 8.43. The van der Waals surface area contributed by atoms with Crippen molar-refractivity contribution in [2.75, 3.05) is 43.2 Å². The Morgan fingerprint density at radius 1 is 1.24 bits per heavy atom. The average Bonchev–Trinajstić information content (AvgIpc) is 2.74. The van der Waals surface area contributed by atoms with Gasteiger partial charge in [-0.2, -0.15) is 0 Å². The van der Waals surface area contributed by atoms with Gasteiger partial charge in [-0.25, -0.2) is 12.7 Å². The molecule has 116 valence electrons. The maximum absolute atomic E-state index is 11.7. The molecule has 0 bridgehead atoms. The van der Waals surface area contributed by atoms with Crippen LogP contribution in [0.3, 0.4) is 0 Å². The van der Waals surface area contributed by atoms with Gasteiger partial charge in [0.1, 0.15) is 0 Å². The lowest BCUT2D eigenvalue weighted by Crippen LogP contribution is -2.47. The number of nitrogens with zero attached hydrogens (tertiary/aromatic N) is 2. The van der Waals surface area contributed by atoms with Crippen LogP contribution in [0.15, 0.2) is 24.3 Å². The minimum atomic E-state index is -3.07. The van der Waals surface area contributed by atoms with E-state index in [1.54, 1.807) is 4.31 Å². The van der Waals surface area contributed by atoms with Gasteiger partial charge < -0.3 is 4.90 Å². The van der Waals surface area contributed by atoms with Crippen molar-refractivity contribution >= 4 is 27.3 Å². The molecule has 3 rings (SSSR count). The summed E-state index contributed by atoms with van der Waals surface area (Å²) in [4.78, 5) is 2.35. The number of piperidine rings is 1. The van der Waals surface area contributed by atoms with Gasteiger partial charge in [-0.15, -0.1) is 11.6 Å². The molecule has 0 N–H and O–H groups in total. The smallest absolute Gasteiger partial charge is 0.211 e. The van der Waals surface area contributed by atoms with E-state index >= 15 is 0 Å². The molecule has 1 aromatic carbocycles. The lowest BCUT2D eigenvalue weighted by Gasteiger charge is -2.39. The van der Waals surface area contributed by atoms with Crippen LogP contribution < -0.4 is 4.90 Å². The second-order valence-electron chi connectivity index (χ2n) is 6.07. The van der Waals surface area contributed by atoms with Crippen LogP contribution in [0.5, 0.6) is 0 Å². The Balaban J connectivity index is 1.87. The van der Waals surface area contributed by atoms with E-state index in [2.05, 4.69) is 29.2 Å². The molecule has 1 fully saturated rings. The number of alkyl halides is 1. The van der Waals surface area contributed by atoms with E-state index in [4.69, 9.17) is 11.6 Å². The van der Waals surface area contributed by atoms with Gasteiger partial charge in [0.05, 0.1) is 6.26 Å². The second kappa shape index (κ2) is 5.45. The zero-order chi connectivity index (χ0) is 15.1. The molecule has 1 aromatic rings. The first-order valence-corrected chi connectivity index (χ1v) is 9.70. The number of rotatable bonds is 3. The Hall–Kier alpha value is -0.780. The summed E-state index contributed by atoms with van der Waals surface area (Å²) >= 11 is 5.93. The van der Waals surface area contributed by atoms with Crippen LogP contribution in [0.1, 0.15) is 18.4 Å². The Kier molecular flexibility index (Phi) is 3.93. The summed E-state index contributed by atoms with van der Waals surface area (Å²) in [6.07, 6.45) is 3.07. The molecule has 0 atom stereocenters. The molecule has 21 heavy (non-hydrogen) atoms. The number of benzene rings is 1. The van der Waals surface area contributed by atoms with Gasteiger partial charge in [0.25, 0.3) is 0 Å². The van der Waals surface area contributed by atoms with Gasteiger partial charge in [0.2, 0.25) is 10.0 Å². The molecule has 1 spiro atoms. The highest BCUT2D eigenvalue weighted by Crippen LogP contribution is 2.46.